The number of benzene rings is 1. The summed E-state index contributed by atoms with van der Waals surface area (Å²) in [5.41, 5.74) is 8.55. The van der Waals surface area contributed by atoms with E-state index in [9.17, 15) is 0 Å². The van der Waals surface area contributed by atoms with Crippen LogP contribution in [0.15, 0.2) is 30.5 Å². The van der Waals surface area contributed by atoms with Crippen molar-refractivity contribution in [2.75, 3.05) is 0 Å². The quantitative estimate of drug-likeness (QED) is 0.846. The largest absolute Gasteiger partial charge is 0.326 e. The van der Waals surface area contributed by atoms with Crippen molar-refractivity contribution in [1.29, 1.82) is 0 Å². The molecule has 2 rings (SSSR count). The molecule has 0 amide bonds. The van der Waals surface area contributed by atoms with Gasteiger partial charge in [-0.1, -0.05) is 29.3 Å². The molecule has 1 heterocycles. The van der Waals surface area contributed by atoms with Crippen LogP contribution in [0.25, 0.3) is 5.69 Å². The highest BCUT2D eigenvalue weighted by Crippen LogP contribution is 2.19. The normalized spacial score (nSPS) is 10.6. The lowest BCUT2D eigenvalue weighted by Gasteiger charge is -2.03. The fourth-order valence-corrected chi connectivity index (χ4v) is 1.64. The first-order valence-corrected chi connectivity index (χ1v) is 5.09. The summed E-state index contributed by atoms with van der Waals surface area (Å²) in [4.78, 5) is 0. The van der Waals surface area contributed by atoms with Crippen molar-refractivity contribution < 1.29 is 0 Å². The second-order valence-corrected chi connectivity index (χ2v) is 3.77. The van der Waals surface area contributed by atoms with E-state index in [1.807, 2.05) is 31.2 Å². The fraction of sp³-hybridized carbons (Fsp3) is 0.182. The smallest absolute Gasteiger partial charge is 0.137 e. The number of hydrogen-bond acceptors (Lipinski definition) is 2. The minimum Gasteiger partial charge on any atom is -0.326 e. The number of nitrogens with two attached hydrogens (primary N) is 1. The summed E-state index contributed by atoms with van der Waals surface area (Å²) >= 11 is 6.12. The molecule has 0 unspecified atom stereocenters. The van der Waals surface area contributed by atoms with Crippen LogP contribution in [-0.2, 0) is 6.54 Å². The average Bonchev–Trinajstić information content (AvgIpc) is 2.61. The molecule has 78 valence electrons. The SMILES string of the molecule is Cc1ccc(-n2ncc(CN)c2Cl)cc1. The predicted molar refractivity (Wildman–Crippen MR) is 61.2 cm³/mol. The van der Waals surface area contributed by atoms with Crippen molar-refractivity contribution in [3.63, 3.8) is 0 Å². The molecule has 0 aliphatic heterocycles. The molecule has 2 N–H and O–H groups in total. The molecule has 1 aromatic carbocycles. The standard InChI is InChI=1S/C11H12ClN3/c1-8-2-4-10(5-3-8)15-11(12)9(6-13)7-14-15/h2-5,7H,6,13H2,1H3. The zero-order chi connectivity index (χ0) is 10.8. The van der Waals surface area contributed by atoms with E-state index in [0.29, 0.717) is 11.7 Å². The lowest BCUT2D eigenvalue weighted by atomic mass is 10.2. The van der Waals surface area contributed by atoms with Crippen LogP contribution in [0.5, 0.6) is 0 Å². The summed E-state index contributed by atoms with van der Waals surface area (Å²) in [5.74, 6) is 0. The van der Waals surface area contributed by atoms with Gasteiger partial charge in [0.1, 0.15) is 5.15 Å². The molecule has 0 spiro atoms. The molecular weight excluding hydrogens is 210 g/mol. The number of aromatic nitrogens is 2. The third-order valence-electron chi connectivity index (χ3n) is 2.28. The Balaban J connectivity index is 2.45. The molecule has 0 radical (unpaired) electrons. The maximum Gasteiger partial charge on any atom is 0.137 e. The van der Waals surface area contributed by atoms with Gasteiger partial charge in [-0.2, -0.15) is 5.10 Å². The van der Waals surface area contributed by atoms with Crippen LogP contribution in [0, 0.1) is 6.92 Å². The van der Waals surface area contributed by atoms with Crippen LogP contribution in [-0.4, -0.2) is 9.78 Å². The maximum absolute atomic E-state index is 6.12. The summed E-state index contributed by atoms with van der Waals surface area (Å²) < 4.78 is 1.68. The second-order valence-electron chi connectivity index (χ2n) is 3.41. The first-order valence-electron chi connectivity index (χ1n) is 4.72. The summed E-state index contributed by atoms with van der Waals surface area (Å²) in [7, 11) is 0. The zero-order valence-corrected chi connectivity index (χ0v) is 9.20. The monoisotopic (exact) mass is 221 g/mol. The van der Waals surface area contributed by atoms with Gasteiger partial charge in [0.2, 0.25) is 0 Å². The molecule has 4 heteroatoms. The highest BCUT2D eigenvalue weighted by molar-refractivity contribution is 6.30. The van der Waals surface area contributed by atoms with Crippen LogP contribution in [0.3, 0.4) is 0 Å². The van der Waals surface area contributed by atoms with E-state index in [1.54, 1.807) is 10.9 Å². The van der Waals surface area contributed by atoms with Crippen LogP contribution in [0.2, 0.25) is 5.15 Å². The molecular formula is C11H12ClN3. The predicted octanol–water partition coefficient (Wildman–Crippen LogP) is 2.29. The first kappa shape index (κ1) is 10.2. The van der Waals surface area contributed by atoms with E-state index < -0.39 is 0 Å². The summed E-state index contributed by atoms with van der Waals surface area (Å²) in [6, 6.07) is 8.01. The van der Waals surface area contributed by atoms with Gasteiger partial charge in [-0.15, -0.1) is 0 Å². The Morgan fingerprint density at radius 2 is 2.00 bits per heavy atom. The van der Waals surface area contributed by atoms with E-state index in [2.05, 4.69) is 5.10 Å². The molecule has 0 aliphatic rings. The van der Waals surface area contributed by atoms with Gasteiger partial charge >= 0.3 is 0 Å². The summed E-state index contributed by atoms with van der Waals surface area (Å²) in [5, 5.41) is 4.78. The van der Waals surface area contributed by atoms with E-state index in [4.69, 9.17) is 17.3 Å². The molecule has 1 aromatic heterocycles. The van der Waals surface area contributed by atoms with E-state index >= 15 is 0 Å². The van der Waals surface area contributed by atoms with Crippen molar-refractivity contribution in [2.45, 2.75) is 13.5 Å². The summed E-state index contributed by atoms with van der Waals surface area (Å²) in [6.45, 7) is 2.45. The number of nitrogens with zero attached hydrogens (tertiary/aromatic N) is 2. The first-order chi connectivity index (χ1) is 7.22. The Morgan fingerprint density at radius 1 is 1.33 bits per heavy atom. The second kappa shape index (κ2) is 4.04. The van der Waals surface area contributed by atoms with Gasteiger partial charge in [-0.25, -0.2) is 4.68 Å². The lowest BCUT2D eigenvalue weighted by molar-refractivity contribution is 0.880. The fourth-order valence-electron chi connectivity index (χ4n) is 1.37. The van der Waals surface area contributed by atoms with Gasteiger partial charge in [-0.3, -0.25) is 0 Å². The van der Waals surface area contributed by atoms with Gasteiger partial charge in [0, 0.05) is 12.1 Å². The zero-order valence-electron chi connectivity index (χ0n) is 8.44. The Bertz CT molecular complexity index is 459. The highest BCUT2D eigenvalue weighted by Gasteiger charge is 2.07. The molecule has 15 heavy (non-hydrogen) atoms. The number of halogens is 1. The minimum atomic E-state index is 0.407. The molecule has 0 atom stereocenters. The highest BCUT2D eigenvalue weighted by atomic mass is 35.5. The number of hydrogen-bond donors (Lipinski definition) is 1. The van der Waals surface area contributed by atoms with Crippen molar-refractivity contribution in [1.82, 2.24) is 9.78 Å². The molecule has 0 saturated carbocycles. The lowest BCUT2D eigenvalue weighted by Crippen LogP contribution is -1.98. The Kier molecular flexibility index (Phi) is 2.75. The Labute approximate surface area is 93.5 Å². The van der Waals surface area contributed by atoms with E-state index in [1.165, 1.54) is 5.56 Å². The average molecular weight is 222 g/mol. The number of aryl methyl sites for hydroxylation is 1. The van der Waals surface area contributed by atoms with Crippen LogP contribution in [0.1, 0.15) is 11.1 Å². The molecule has 0 saturated heterocycles. The third-order valence-corrected chi connectivity index (χ3v) is 2.68. The van der Waals surface area contributed by atoms with Gasteiger partial charge in [0.25, 0.3) is 0 Å². The van der Waals surface area contributed by atoms with E-state index in [-0.39, 0.29) is 0 Å². The Morgan fingerprint density at radius 3 is 2.53 bits per heavy atom. The van der Waals surface area contributed by atoms with Crippen molar-refractivity contribution in [2.24, 2.45) is 5.73 Å². The maximum atomic E-state index is 6.12. The summed E-state index contributed by atoms with van der Waals surface area (Å²) in [6.07, 6.45) is 1.70. The van der Waals surface area contributed by atoms with Gasteiger partial charge < -0.3 is 5.73 Å². The molecule has 3 nitrogen and oxygen atoms in total. The van der Waals surface area contributed by atoms with E-state index in [0.717, 1.165) is 11.3 Å². The van der Waals surface area contributed by atoms with Crippen LogP contribution < -0.4 is 5.73 Å². The topological polar surface area (TPSA) is 43.8 Å². The molecule has 0 bridgehead atoms. The third kappa shape index (κ3) is 1.89. The minimum absolute atomic E-state index is 0.407. The van der Waals surface area contributed by atoms with Crippen LogP contribution >= 0.6 is 11.6 Å². The molecule has 0 fully saturated rings. The van der Waals surface area contributed by atoms with Gasteiger partial charge in [0.15, 0.2) is 0 Å². The Hall–Kier alpha value is -1.32. The van der Waals surface area contributed by atoms with Crippen molar-refractivity contribution in [3.8, 4) is 5.69 Å². The van der Waals surface area contributed by atoms with Gasteiger partial charge in [-0.05, 0) is 19.1 Å². The van der Waals surface area contributed by atoms with Crippen molar-refractivity contribution >= 4 is 11.6 Å². The van der Waals surface area contributed by atoms with Gasteiger partial charge in [0.05, 0.1) is 11.9 Å². The molecule has 0 aliphatic carbocycles. The van der Waals surface area contributed by atoms with Crippen molar-refractivity contribution in [3.05, 3.63) is 46.7 Å². The molecule has 2 aromatic rings. The number of rotatable bonds is 2. The van der Waals surface area contributed by atoms with Crippen LogP contribution in [0.4, 0.5) is 0 Å².